The third-order valence-electron chi connectivity index (χ3n) is 3.93. The zero-order valence-corrected chi connectivity index (χ0v) is 17.7. The van der Waals surface area contributed by atoms with E-state index < -0.39 is 24.1 Å². The van der Waals surface area contributed by atoms with Gasteiger partial charge in [0.1, 0.15) is 11.6 Å². The molecule has 0 fully saturated rings. The van der Waals surface area contributed by atoms with Crippen LogP contribution in [0.25, 0.3) is 5.82 Å². The first kappa shape index (κ1) is 22.2. The number of alkyl halides is 3. The van der Waals surface area contributed by atoms with E-state index in [4.69, 9.17) is 5.26 Å². The standard InChI is InChI=1S/C19H14BrF3N6O2/c1-10(17-27-11(2)28-29(17)16-5-12(9-24)3-4-25-16)26-18(30)13-6-14(20)8-15(7-13)31-19(21,22)23/h3-8,10H,1-2H3,(H,26,30)/t10-/m0/s1. The highest BCUT2D eigenvalue weighted by Crippen LogP contribution is 2.27. The number of carbonyl (C=O) groups excluding carboxylic acids is 1. The van der Waals surface area contributed by atoms with Crippen LogP contribution in [0.3, 0.4) is 0 Å². The van der Waals surface area contributed by atoms with Gasteiger partial charge in [0.05, 0.1) is 17.7 Å². The number of pyridine rings is 1. The van der Waals surface area contributed by atoms with Crippen LogP contribution in [0.1, 0.15) is 40.5 Å². The molecule has 160 valence electrons. The van der Waals surface area contributed by atoms with Crippen molar-refractivity contribution in [2.24, 2.45) is 0 Å². The van der Waals surface area contributed by atoms with Gasteiger partial charge in [-0.2, -0.15) is 9.94 Å². The topological polar surface area (TPSA) is 106 Å². The Labute approximate surface area is 182 Å². The summed E-state index contributed by atoms with van der Waals surface area (Å²) in [5.41, 5.74) is 0.319. The maximum atomic E-state index is 12.7. The highest BCUT2D eigenvalue weighted by atomic mass is 79.9. The first-order valence-electron chi connectivity index (χ1n) is 8.73. The second-order valence-electron chi connectivity index (χ2n) is 6.36. The summed E-state index contributed by atoms with van der Waals surface area (Å²) in [7, 11) is 0. The van der Waals surface area contributed by atoms with E-state index in [0.717, 1.165) is 12.1 Å². The van der Waals surface area contributed by atoms with Crippen LogP contribution in [-0.2, 0) is 0 Å². The number of halogens is 4. The van der Waals surface area contributed by atoms with Gasteiger partial charge < -0.3 is 10.1 Å². The molecule has 8 nitrogen and oxygen atoms in total. The molecule has 0 bridgehead atoms. The van der Waals surface area contributed by atoms with Crippen molar-refractivity contribution in [3.8, 4) is 17.6 Å². The van der Waals surface area contributed by atoms with Crippen LogP contribution in [0.5, 0.6) is 5.75 Å². The van der Waals surface area contributed by atoms with Crippen molar-refractivity contribution in [1.29, 1.82) is 5.26 Å². The summed E-state index contributed by atoms with van der Waals surface area (Å²) < 4.78 is 43.1. The number of aryl methyl sites for hydroxylation is 1. The molecule has 0 aliphatic rings. The molecular weight excluding hydrogens is 481 g/mol. The van der Waals surface area contributed by atoms with E-state index in [1.165, 1.54) is 29.1 Å². The first-order chi connectivity index (χ1) is 14.6. The van der Waals surface area contributed by atoms with Gasteiger partial charge in [0.15, 0.2) is 11.6 Å². The molecule has 0 spiro atoms. The number of rotatable bonds is 5. The SMILES string of the molecule is Cc1nc([C@H](C)NC(=O)c2cc(Br)cc(OC(F)(F)F)c2)n(-c2cc(C#N)ccn2)n1. The molecule has 0 unspecified atom stereocenters. The lowest BCUT2D eigenvalue weighted by atomic mass is 10.2. The van der Waals surface area contributed by atoms with Crippen LogP contribution in [-0.4, -0.2) is 32.0 Å². The fourth-order valence-corrected chi connectivity index (χ4v) is 3.19. The Hall–Kier alpha value is -3.46. The Kier molecular flexibility index (Phi) is 6.26. The van der Waals surface area contributed by atoms with Gasteiger partial charge in [-0.05, 0) is 38.1 Å². The summed E-state index contributed by atoms with van der Waals surface area (Å²) in [5, 5.41) is 16.0. The number of ether oxygens (including phenoxy) is 1. The van der Waals surface area contributed by atoms with E-state index in [-0.39, 0.29) is 10.0 Å². The van der Waals surface area contributed by atoms with Crippen molar-refractivity contribution < 1.29 is 22.7 Å². The van der Waals surface area contributed by atoms with Crippen molar-refractivity contribution in [3.63, 3.8) is 0 Å². The number of carbonyl (C=O) groups is 1. The fourth-order valence-electron chi connectivity index (χ4n) is 2.71. The maximum absolute atomic E-state index is 12.7. The van der Waals surface area contributed by atoms with Gasteiger partial charge >= 0.3 is 6.36 Å². The van der Waals surface area contributed by atoms with Crippen molar-refractivity contribution in [1.82, 2.24) is 25.1 Å². The monoisotopic (exact) mass is 494 g/mol. The number of hydrogen-bond donors (Lipinski definition) is 1. The Morgan fingerprint density at radius 3 is 2.74 bits per heavy atom. The van der Waals surface area contributed by atoms with Crippen LogP contribution in [0.4, 0.5) is 13.2 Å². The van der Waals surface area contributed by atoms with Crippen LogP contribution < -0.4 is 10.1 Å². The molecule has 0 aliphatic heterocycles. The molecule has 1 amide bonds. The zero-order chi connectivity index (χ0) is 22.8. The van der Waals surface area contributed by atoms with Crippen LogP contribution in [0.15, 0.2) is 41.0 Å². The molecular formula is C19H14BrF3N6O2. The van der Waals surface area contributed by atoms with Crippen LogP contribution >= 0.6 is 15.9 Å². The lowest BCUT2D eigenvalue weighted by Crippen LogP contribution is -2.29. The summed E-state index contributed by atoms with van der Waals surface area (Å²) in [5.74, 6) is -0.110. The van der Waals surface area contributed by atoms with Gasteiger partial charge in [-0.25, -0.2) is 9.97 Å². The number of benzene rings is 1. The molecule has 1 aromatic carbocycles. The van der Waals surface area contributed by atoms with Crippen molar-refractivity contribution in [2.75, 3.05) is 0 Å². The summed E-state index contributed by atoms with van der Waals surface area (Å²) in [4.78, 5) is 21.1. The zero-order valence-electron chi connectivity index (χ0n) is 16.1. The second-order valence-corrected chi connectivity index (χ2v) is 7.28. The Morgan fingerprint density at radius 2 is 2.06 bits per heavy atom. The summed E-state index contributed by atoms with van der Waals surface area (Å²) >= 11 is 3.07. The van der Waals surface area contributed by atoms with Crippen molar-refractivity contribution in [3.05, 3.63) is 63.8 Å². The Balaban J connectivity index is 1.87. The average Bonchev–Trinajstić information content (AvgIpc) is 3.08. The van der Waals surface area contributed by atoms with Gasteiger partial charge in [-0.3, -0.25) is 4.79 Å². The number of aromatic nitrogens is 4. The van der Waals surface area contributed by atoms with Crippen LogP contribution in [0.2, 0.25) is 0 Å². The molecule has 0 aliphatic carbocycles. The van der Waals surface area contributed by atoms with E-state index >= 15 is 0 Å². The third-order valence-corrected chi connectivity index (χ3v) is 4.39. The van der Waals surface area contributed by atoms with E-state index in [1.54, 1.807) is 13.8 Å². The molecule has 3 rings (SSSR count). The molecule has 1 N–H and O–H groups in total. The largest absolute Gasteiger partial charge is 0.573 e. The highest BCUT2D eigenvalue weighted by molar-refractivity contribution is 9.10. The lowest BCUT2D eigenvalue weighted by Gasteiger charge is -2.15. The van der Waals surface area contributed by atoms with E-state index in [0.29, 0.717) is 23.0 Å². The first-order valence-corrected chi connectivity index (χ1v) is 9.52. The van der Waals surface area contributed by atoms with Crippen LogP contribution in [0, 0.1) is 18.3 Å². The minimum atomic E-state index is -4.89. The number of nitrogens with one attached hydrogen (secondary N) is 1. The lowest BCUT2D eigenvalue weighted by molar-refractivity contribution is -0.274. The number of amides is 1. The van der Waals surface area contributed by atoms with Crippen molar-refractivity contribution in [2.45, 2.75) is 26.3 Å². The summed E-state index contributed by atoms with van der Waals surface area (Å²) in [6, 6.07) is 7.81. The Bertz CT molecular complexity index is 1170. The number of nitrogens with zero attached hydrogens (tertiary/aromatic N) is 5. The molecule has 0 saturated carbocycles. The third kappa shape index (κ3) is 5.58. The van der Waals surface area contributed by atoms with Gasteiger partial charge in [0.2, 0.25) is 0 Å². The predicted octanol–water partition coefficient (Wildman–Crippen LogP) is 3.99. The molecule has 12 heteroatoms. The molecule has 3 aromatic rings. The average molecular weight is 495 g/mol. The molecule has 2 heterocycles. The normalized spacial score (nSPS) is 12.2. The predicted molar refractivity (Wildman–Crippen MR) is 105 cm³/mol. The number of nitriles is 1. The minimum absolute atomic E-state index is 0.0483. The number of hydrogen-bond acceptors (Lipinski definition) is 6. The van der Waals surface area contributed by atoms with Gasteiger partial charge in [0, 0.05) is 22.3 Å². The summed E-state index contributed by atoms with van der Waals surface area (Å²) in [6.45, 7) is 3.29. The van der Waals surface area contributed by atoms with E-state index in [2.05, 4.69) is 41.1 Å². The summed E-state index contributed by atoms with van der Waals surface area (Å²) in [6.07, 6.45) is -3.44. The van der Waals surface area contributed by atoms with Gasteiger partial charge in [-0.15, -0.1) is 18.3 Å². The van der Waals surface area contributed by atoms with Crippen molar-refractivity contribution >= 4 is 21.8 Å². The quantitative estimate of drug-likeness (QED) is 0.574. The van der Waals surface area contributed by atoms with E-state index in [9.17, 15) is 18.0 Å². The molecule has 0 saturated heterocycles. The minimum Gasteiger partial charge on any atom is -0.406 e. The molecule has 0 radical (unpaired) electrons. The smallest absolute Gasteiger partial charge is 0.406 e. The fraction of sp³-hybridized carbons (Fsp3) is 0.211. The molecule has 1 atom stereocenters. The second kappa shape index (κ2) is 8.73. The molecule has 2 aromatic heterocycles. The maximum Gasteiger partial charge on any atom is 0.573 e. The molecule has 31 heavy (non-hydrogen) atoms. The highest BCUT2D eigenvalue weighted by Gasteiger charge is 2.31. The Morgan fingerprint density at radius 1 is 1.32 bits per heavy atom. The van der Waals surface area contributed by atoms with Gasteiger partial charge in [0.25, 0.3) is 5.91 Å². The van der Waals surface area contributed by atoms with E-state index in [1.807, 2.05) is 6.07 Å². The van der Waals surface area contributed by atoms with Gasteiger partial charge in [-0.1, -0.05) is 15.9 Å².